The van der Waals surface area contributed by atoms with Gasteiger partial charge in [-0.05, 0) is 20.8 Å². The van der Waals surface area contributed by atoms with Gasteiger partial charge in [-0.2, -0.15) is 13.2 Å². The quantitative estimate of drug-likeness (QED) is 0.765. The van der Waals surface area contributed by atoms with E-state index in [0.29, 0.717) is 5.56 Å². The summed E-state index contributed by atoms with van der Waals surface area (Å²) in [5.74, 6) is -0.293. The number of halogens is 3. The Balaban J connectivity index is 2.88. The normalized spacial score (nSPS) is 13.9. The van der Waals surface area contributed by atoms with E-state index in [1.54, 1.807) is 44.2 Å². The second kappa shape index (κ2) is 6.19. The summed E-state index contributed by atoms with van der Waals surface area (Å²) in [6.45, 7) is 3.74. The Hall–Kier alpha value is -1.36. The minimum absolute atomic E-state index is 0.293. The SMILES string of the molecule is CC(C)N(CC(F)(F)F)C(C)C(=O)c1ccccc1. The first-order valence-electron chi connectivity index (χ1n) is 6.14. The summed E-state index contributed by atoms with van der Waals surface area (Å²) in [6.07, 6.45) is -4.31. The first-order chi connectivity index (χ1) is 8.72. The molecular formula is C14H18F3NO. The van der Waals surface area contributed by atoms with Crippen LogP contribution in [-0.4, -0.2) is 35.5 Å². The highest BCUT2D eigenvalue weighted by Gasteiger charge is 2.36. The summed E-state index contributed by atoms with van der Waals surface area (Å²) >= 11 is 0. The molecule has 0 aromatic heterocycles. The molecule has 1 aromatic rings. The second-order valence-electron chi connectivity index (χ2n) is 4.79. The van der Waals surface area contributed by atoms with Crippen LogP contribution in [0.4, 0.5) is 13.2 Å². The van der Waals surface area contributed by atoms with Crippen molar-refractivity contribution < 1.29 is 18.0 Å². The topological polar surface area (TPSA) is 20.3 Å². The van der Waals surface area contributed by atoms with Gasteiger partial charge in [0.05, 0.1) is 12.6 Å². The molecule has 0 radical (unpaired) electrons. The molecule has 1 aromatic carbocycles. The standard InChI is InChI=1S/C14H18F3NO/c1-10(2)18(9-14(15,16)17)11(3)13(19)12-7-5-4-6-8-12/h4-8,10-11H,9H2,1-3H3. The zero-order valence-electron chi connectivity index (χ0n) is 11.2. The molecule has 0 saturated carbocycles. The van der Waals surface area contributed by atoms with Gasteiger partial charge in [0.1, 0.15) is 0 Å². The van der Waals surface area contributed by atoms with Gasteiger partial charge in [-0.3, -0.25) is 9.69 Å². The van der Waals surface area contributed by atoms with E-state index in [1.165, 1.54) is 6.92 Å². The Morgan fingerprint density at radius 3 is 2.11 bits per heavy atom. The molecule has 0 saturated heterocycles. The molecule has 0 aliphatic carbocycles. The fourth-order valence-electron chi connectivity index (χ4n) is 1.97. The van der Waals surface area contributed by atoms with Gasteiger partial charge < -0.3 is 0 Å². The van der Waals surface area contributed by atoms with Crippen LogP contribution in [-0.2, 0) is 0 Å². The molecule has 0 heterocycles. The van der Waals surface area contributed by atoms with Gasteiger partial charge >= 0.3 is 6.18 Å². The van der Waals surface area contributed by atoms with E-state index in [1.807, 2.05) is 0 Å². The summed E-state index contributed by atoms with van der Waals surface area (Å²) in [4.78, 5) is 13.3. The number of nitrogens with zero attached hydrogens (tertiary/aromatic N) is 1. The molecule has 106 valence electrons. The fourth-order valence-corrected chi connectivity index (χ4v) is 1.97. The number of benzene rings is 1. The molecule has 0 bridgehead atoms. The molecular weight excluding hydrogens is 255 g/mol. The van der Waals surface area contributed by atoms with E-state index in [0.717, 1.165) is 4.90 Å². The van der Waals surface area contributed by atoms with Gasteiger partial charge in [0.25, 0.3) is 0 Å². The van der Waals surface area contributed by atoms with E-state index in [2.05, 4.69) is 0 Å². The van der Waals surface area contributed by atoms with Gasteiger partial charge in [0.2, 0.25) is 0 Å². The van der Waals surface area contributed by atoms with Crippen LogP contribution in [0.1, 0.15) is 31.1 Å². The number of carbonyl (C=O) groups is 1. The van der Waals surface area contributed by atoms with E-state index in [4.69, 9.17) is 0 Å². The zero-order chi connectivity index (χ0) is 14.6. The van der Waals surface area contributed by atoms with Crippen LogP contribution in [0.5, 0.6) is 0 Å². The number of Topliss-reactive ketones (excluding diaryl/α,β-unsaturated/α-hetero) is 1. The maximum absolute atomic E-state index is 12.5. The fraction of sp³-hybridized carbons (Fsp3) is 0.500. The van der Waals surface area contributed by atoms with Crippen molar-refractivity contribution in [2.75, 3.05) is 6.54 Å². The Kier molecular flexibility index (Phi) is 5.11. The third kappa shape index (κ3) is 4.67. The summed E-state index contributed by atoms with van der Waals surface area (Å²) < 4.78 is 37.6. The molecule has 19 heavy (non-hydrogen) atoms. The maximum atomic E-state index is 12.5. The van der Waals surface area contributed by atoms with Crippen LogP contribution >= 0.6 is 0 Å². The lowest BCUT2D eigenvalue weighted by Crippen LogP contribution is -2.48. The van der Waals surface area contributed by atoms with Gasteiger partial charge in [0.15, 0.2) is 5.78 Å². The number of ketones is 1. The molecule has 0 aliphatic heterocycles. The monoisotopic (exact) mass is 273 g/mol. The molecule has 1 rings (SSSR count). The molecule has 1 unspecified atom stereocenters. The lowest BCUT2D eigenvalue weighted by atomic mass is 10.0. The number of alkyl halides is 3. The van der Waals surface area contributed by atoms with Crippen molar-refractivity contribution >= 4 is 5.78 Å². The molecule has 0 spiro atoms. The summed E-state index contributed by atoms with van der Waals surface area (Å²) in [5, 5.41) is 0. The van der Waals surface area contributed by atoms with Crippen molar-refractivity contribution in [2.45, 2.75) is 39.0 Å². The van der Waals surface area contributed by atoms with Crippen LogP contribution in [0.15, 0.2) is 30.3 Å². The molecule has 0 aliphatic rings. The predicted octanol–water partition coefficient (Wildman–Crippen LogP) is 3.53. The Labute approximate surface area is 111 Å². The van der Waals surface area contributed by atoms with Gasteiger partial charge in [-0.15, -0.1) is 0 Å². The molecule has 1 atom stereocenters. The Morgan fingerprint density at radius 2 is 1.68 bits per heavy atom. The van der Waals surface area contributed by atoms with Gasteiger partial charge in [0, 0.05) is 11.6 Å². The number of rotatable bonds is 5. The van der Waals surface area contributed by atoms with Crippen LogP contribution in [0.2, 0.25) is 0 Å². The van der Waals surface area contributed by atoms with E-state index >= 15 is 0 Å². The first kappa shape index (κ1) is 15.7. The van der Waals surface area contributed by atoms with Crippen molar-refractivity contribution in [1.29, 1.82) is 0 Å². The zero-order valence-corrected chi connectivity index (χ0v) is 11.2. The summed E-state index contributed by atoms with van der Waals surface area (Å²) in [6, 6.07) is 7.23. The molecule has 2 nitrogen and oxygen atoms in total. The van der Waals surface area contributed by atoms with Crippen molar-refractivity contribution in [3.05, 3.63) is 35.9 Å². The van der Waals surface area contributed by atoms with Crippen LogP contribution in [0.3, 0.4) is 0 Å². The molecule has 0 amide bonds. The van der Waals surface area contributed by atoms with Crippen molar-refractivity contribution in [1.82, 2.24) is 4.90 Å². The smallest absolute Gasteiger partial charge is 0.292 e. The van der Waals surface area contributed by atoms with Crippen LogP contribution < -0.4 is 0 Å². The third-order valence-corrected chi connectivity index (χ3v) is 2.96. The first-order valence-corrected chi connectivity index (χ1v) is 6.14. The lowest BCUT2D eigenvalue weighted by molar-refractivity contribution is -0.152. The second-order valence-corrected chi connectivity index (χ2v) is 4.79. The van der Waals surface area contributed by atoms with Crippen molar-refractivity contribution in [2.24, 2.45) is 0 Å². The average molecular weight is 273 g/mol. The minimum atomic E-state index is -4.31. The average Bonchev–Trinajstić information content (AvgIpc) is 2.34. The van der Waals surface area contributed by atoms with E-state index in [-0.39, 0.29) is 11.8 Å². The van der Waals surface area contributed by atoms with Crippen molar-refractivity contribution in [3.63, 3.8) is 0 Å². The summed E-state index contributed by atoms with van der Waals surface area (Å²) in [5.41, 5.74) is 0.433. The molecule has 5 heteroatoms. The number of carbonyl (C=O) groups excluding carboxylic acids is 1. The third-order valence-electron chi connectivity index (χ3n) is 2.96. The highest BCUT2D eigenvalue weighted by Crippen LogP contribution is 2.21. The summed E-state index contributed by atoms with van der Waals surface area (Å²) in [7, 11) is 0. The number of hydrogen-bond acceptors (Lipinski definition) is 2. The van der Waals surface area contributed by atoms with Gasteiger partial charge in [-0.25, -0.2) is 0 Å². The predicted molar refractivity (Wildman–Crippen MR) is 68.1 cm³/mol. The minimum Gasteiger partial charge on any atom is -0.292 e. The maximum Gasteiger partial charge on any atom is 0.401 e. The van der Waals surface area contributed by atoms with Crippen molar-refractivity contribution in [3.8, 4) is 0 Å². The largest absolute Gasteiger partial charge is 0.401 e. The van der Waals surface area contributed by atoms with Crippen LogP contribution in [0, 0.1) is 0 Å². The van der Waals surface area contributed by atoms with E-state index in [9.17, 15) is 18.0 Å². The lowest BCUT2D eigenvalue weighted by Gasteiger charge is -2.32. The molecule has 0 fully saturated rings. The van der Waals surface area contributed by atoms with E-state index < -0.39 is 18.8 Å². The number of hydrogen-bond donors (Lipinski definition) is 0. The highest BCUT2D eigenvalue weighted by molar-refractivity contribution is 5.99. The Bertz CT molecular complexity index is 414. The van der Waals surface area contributed by atoms with Gasteiger partial charge in [-0.1, -0.05) is 30.3 Å². The molecule has 0 N–H and O–H groups in total. The van der Waals surface area contributed by atoms with Crippen LogP contribution in [0.25, 0.3) is 0 Å². The Morgan fingerprint density at radius 1 is 1.16 bits per heavy atom. The highest BCUT2D eigenvalue weighted by atomic mass is 19.4.